The van der Waals surface area contributed by atoms with Crippen LogP contribution in [0.1, 0.15) is 5.56 Å². The number of ether oxygens (including phenoxy) is 1. The molecule has 5 nitrogen and oxygen atoms in total. The van der Waals surface area contributed by atoms with Gasteiger partial charge in [0.2, 0.25) is 0 Å². The van der Waals surface area contributed by atoms with Crippen molar-refractivity contribution in [3.63, 3.8) is 0 Å². The summed E-state index contributed by atoms with van der Waals surface area (Å²) in [5.41, 5.74) is 2.04. The molecule has 0 amide bonds. The molecule has 5 heteroatoms. The number of anilines is 3. The second-order valence-corrected chi connectivity index (χ2v) is 3.07. The van der Waals surface area contributed by atoms with E-state index in [0.717, 1.165) is 22.9 Å². The Kier molecular flexibility index (Phi) is 4.17. The van der Waals surface area contributed by atoms with E-state index in [1.165, 1.54) is 0 Å². The van der Waals surface area contributed by atoms with Gasteiger partial charge in [0.05, 0.1) is 6.61 Å². The molecule has 0 saturated carbocycles. The molecule has 1 aromatic heterocycles. The first-order valence-electron chi connectivity index (χ1n) is 4.83. The van der Waals surface area contributed by atoms with E-state index in [4.69, 9.17) is 4.74 Å². The zero-order chi connectivity index (χ0) is 11.3. The first-order chi connectivity index (χ1) is 7.26. The topological polar surface area (TPSA) is 58.2 Å². The van der Waals surface area contributed by atoms with Crippen LogP contribution in [0.2, 0.25) is 0 Å². The Balaban J connectivity index is 3.19. The van der Waals surface area contributed by atoms with E-state index in [1.54, 1.807) is 7.11 Å². The third kappa shape index (κ3) is 2.50. The van der Waals surface area contributed by atoms with Crippen molar-refractivity contribution >= 4 is 17.3 Å². The van der Waals surface area contributed by atoms with Crippen LogP contribution in [0.3, 0.4) is 0 Å². The van der Waals surface area contributed by atoms with Gasteiger partial charge in [0.15, 0.2) is 0 Å². The molecule has 0 saturated heterocycles. The molecule has 0 unspecified atom stereocenters. The summed E-state index contributed by atoms with van der Waals surface area (Å²) in [6.07, 6.45) is 0. The lowest BCUT2D eigenvalue weighted by molar-refractivity contribution is 0.185. The zero-order valence-corrected chi connectivity index (χ0v) is 9.64. The molecule has 1 rings (SSSR count). The van der Waals surface area contributed by atoms with Crippen LogP contribution in [0.5, 0.6) is 0 Å². The van der Waals surface area contributed by atoms with Gasteiger partial charge in [0.25, 0.3) is 0 Å². The average molecular weight is 210 g/mol. The summed E-state index contributed by atoms with van der Waals surface area (Å²) in [6, 6.07) is 1.95. The lowest BCUT2D eigenvalue weighted by Crippen LogP contribution is -2.06. The van der Waals surface area contributed by atoms with Crippen molar-refractivity contribution in [3.8, 4) is 0 Å². The molecule has 15 heavy (non-hydrogen) atoms. The predicted molar refractivity (Wildman–Crippen MR) is 63.6 cm³/mol. The average Bonchev–Trinajstić information content (AvgIpc) is 2.29. The molecule has 0 aliphatic rings. The monoisotopic (exact) mass is 210 g/mol. The van der Waals surface area contributed by atoms with E-state index in [1.807, 2.05) is 27.2 Å². The Hall–Kier alpha value is -1.49. The number of pyridine rings is 1. The highest BCUT2D eigenvalue weighted by Gasteiger charge is 2.10. The van der Waals surface area contributed by atoms with Crippen molar-refractivity contribution < 1.29 is 4.74 Å². The summed E-state index contributed by atoms with van der Waals surface area (Å²) in [7, 11) is 7.25. The van der Waals surface area contributed by atoms with Crippen LogP contribution in [-0.4, -0.2) is 33.2 Å². The first kappa shape index (κ1) is 11.6. The molecule has 0 spiro atoms. The summed E-state index contributed by atoms with van der Waals surface area (Å²) in [5.74, 6) is 1.65. The second kappa shape index (κ2) is 5.41. The summed E-state index contributed by atoms with van der Waals surface area (Å²) in [5, 5.41) is 9.20. The standard InChI is InChI=1S/C10H18N4O/c1-11-8-5-9(12-2)14-10(13-3)7(8)6-15-4/h5H,6H2,1-4H3,(H3,11,12,13,14). The molecular weight excluding hydrogens is 192 g/mol. The van der Waals surface area contributed by atoms with Crippen LogP contribution in [0, 0.1) is 0 Å². The maximum absolute atomic E-state index is 5.15. The first-order valence-corrected chi connectivity index (χ1v) is 4.83. The maximum Gasteiger partial charge on any atom is 0.135 e. The predicted octanol–water partition coefficient (Wildman–Crippen LogP) is 1.35. The van der Waals surface area contributed by atoms with Crippen LogP contribution < -0.4 is 16.0 Å². The third-order valence-electron chi connectivity index (χ3n) is 2.18. The summed E-state index contributed by atoms with van der Waals surface area (Å²) < 4.78 is 5.15. The van der Waals surface area contributed by atoms with Crippen LogP contribution in [0.25, 0.3) is 0 Å². The minimum absolute atomic E-state index is 0.531. The minimum atomic E-state index is 0.531. The van der Waals surface area contributed by atoms with Gasteiger partial charge in [-0.2, -0.15) is 0 Å². The van der Waals surface area contributed by atoms with E-state index < -0.39 is 0 Å². The van der Waals surface area contributed by atoms with E-state index in [0.29, 0.717) is 6.61 Å². The van der Waals surface area contributed by atoms with Gasteiger partial charge in [-0.3, -0.25) is 0 Å². The Bertz CT molecular complexity index is 302. The largest absolute Gasteiger partial charge is 0.388 e. The van der Waals surface area contributed by atoms with E-state index in [-0.39, 0.29) is 0 Å². The Labute approximate surface area is 90.2 Å². The van der Waals surface area contributed by atoms with Gasteiger partial charge in [0.1, 0.15) is 11.6 Å². The highest BCUT2D eigenvalue weighted by molar-refractivity contribution is 5.66. The Morgan fingerprint density at radius 2 is 1.93 bits per heavy atom. The number of hydrogen-bond donors (Lipinski definition) is 3. The number of nitrogens with zero attached hydrogens (tertiary/aromatic N) is 1. The summed E-state index contributed by atoms with van der Waals surface area (Å²) >= 11 is 0. The smallest absolute Gasteiger partial charge is 0.135 e. The van der Waals surface area contributed by atoms with Gasteiger partial charge in [-0.1, -0.05) is 0 Å². The van der Waals surface area contributed by atoms with E-state index >= 15 is 0 Å². The van der Waals surface area contributed by atoms with Gasteiger partial charge >= 0.3 is 0 Å². The third-order valence-corrected chi connectivity index (χ3v) is 2.18. The number of methoxy groups -OCH3 is 1. The fourth-order valence-electron chi connectivity index (χ4n) is 1.42. The van der Waals surface area contributed by atoms with Gasteiger partial charge in [-0.05, 0) is 0 Å². The Morgan fingerprint density at radius 1 is 1.20 bits per heavy atom. The highest BCUT2D eigenvalue weighted by Crippen LogP contribution is 2.26. The molecule has 0 aliphatic carbocycles. The van der Waals surface area contributed by atoms with Crippen molar-refractivity contribution in [1.82, 2.24) is 4.98 Å². The van der Waals surface area contributed by atoms with Crippen molar-refractivity contribution in [1.29, 1.82) is 0 Å². The molecule has 1 heterocycles. The van der Waals surface area contributed by atoms with Gasteiger partial charge < -0.3 is 20.7 Å². The number of nitrogens with one attached hydrogen (secondary N) is 3. The second-order valence-electron chi connectivity index (χ2n) is 3.07. The lowest BCUT2D eigenvalue weighted by atomic mass is 10.2. The lowest BCUT2D eigenvalue weighted by Gasteiger charge is -2.14. The van der Waals surface area contributed by atoms with Crippen LogP contribution in [-0.2, 0) is 11.3 Å². The van der Waals surface area contributed by atoms with E-state index in [9.17, 15) is 0 Å². The molecule has 0 aliphatic heterocycles. The highest BCUT2D eigenvalue weighted by atomic mass is 16.5. The van der Waals surface area contributed by atoms with E-state index in [2.05, 4.69) is 20.9 Å². The van der Waals surface area contributed by atoms with Crippen LogP contribution >= 0.6 is 0 Å². The number of hydrogen-bond acceptors (Lipinski definition) is 5. The van der Waals surface area contributed by atoms with Gasteiger partial charge in [0, 0.05) is 45.6 Å². The fraction of sp³-hybridized carbons (Fsp3) is 0.500. The summed E-state index contributed by atoms with van der Waals surface area (Å²) in [6.45, 7) is 0.531. The Morgan fingerprint density at radius 3 is 2.40 bits per heavy atom. The van der Waals surface area contributed by atoms with Crippen molar-refractivity contribution in [2.45, 2.75) is 6.61 Å². The molecule has 0 radical (unpaired) electrons. The zero-order valence-electron chi connectivity index (χ0n) is 9.64. The van der Waals surface area contributed by atoms with Crippen molar-refractivity contribution in [2.75, 3.05) is 44.2 Å². The molecule has 1 aromatic rings. The SMILES string of the molecule is CNc1cc(NC)c(COC)c(NC)n1. The fourth-order valence-corrected chi connectivity index (χ4v) is 1.42. The van der Waals surface area contributed by atoms with Crippen LogP contribution in [0.4, 0.5) is 17.3 Å². The molecule has 84 valence electrons. The maximum atomic E-state index is 5.15. The number of rotatable bonds is 5. The van der Waals surface area contributed by atoms with Crippen molar-refractivity contribution in [2.24, 2.45) is 0 Å². The quantitative estimate of drug-likeness (QED) is 0.685. The molecule has 0 aromatic carbocycles. The molecular formula is C10H18N4O. The normalized spacial score (nSPS) is 9.87. The van der Waals surface area contributed by atoms with Crippen molar-refractivity contribution in [3.05, 3.63) is 11.6 Å². The minimum Gasteiger partial charge on any atom is -0.388 e. The number of aromatic nitrogens is 1. The van der Waals surface area contributed by atoms with Gasteiger partial charge in [-0.25, -0.2) is 4.98 Å². The molecule has 0 atom stereocenters. The van der Waals surface area contributed by atoms with Crippen LogP contribution in [0.15, 0.2) is 6.07 Å². The molecule has 0 bridgehead atoms. The summed E-state index contributed by atoms with van der Waals surface area (Å²) in [4.78, 5) is 4.39. The van der Waals surface area contributed by atoms with Gasteiger partial charge in [-0.15, -0.1) is 0 Å². The molecule has 0 fully saturated rings. The molecule has 3 N–H and O–H groups in total.